The zero-order valence-corrected chi connectivity index (χ0v) is 11.2. The number of hydrogen-bond acceptors (Lipinski definition) is 4. The highest BCUT2D eigenvalue weighted by Crippen LogP contribution is 2.22. The van der Waals surface area contributed by atoms with Gasteiger partial charge in [-0.25, -0.2) is 9.67 Å². The highest BCUT2D eigenvalue weighted by molar-refractivity contribution is 5.00. The summed E-state index contributed by atoms with van der Waals surface area (Å²) in [5.41, 5.74) is 6.07. The molecule has 0 aromatic carbocycles. The smallest absolute Gasteiger partial charge is 0.152 e. The van der Waals surface area contributed by atoms with Crippen LogP contribution in [0.5, 0.6) is 0 Å². The van der Waals surface area contributed by atoms with Crippen molar-refractivity contribution in [1.82, 2.24) is 19.7 Å². The molecule has 0 radical (unpaired) electrons. The maximum absolute atomic E-state index is 6.07. The summed E-state index contributed by atoms with van der Waals surface area (Å²) in [5, 5.41) is 4.62. The molecule has 2 atom stereocenters. The Morgan fingerprint density at radius 3 is 3.00 bits per heavy atom. The van der Waals surface area contributed by atoms with E-state index in [-0.39, 0.29) is 6.17 Å². The van der Waals surface area contributed by atoms with Crippen molar-refractivity contribution in [1.29, 1.82) is 0 Å². The monoisotopic (exact) mass is 249 g/mol. The minimum Gasteiger partial charge on any atom is -0.310 e. The lowest BCUT2D eigenvalue weighted by molar-refractivity contribution is 0.262. The van der Waals surface area contributed by atoms with E-state index in [0.29, 0.717) is 6.04 Å². The summed E-state index contributed by atoms with van der Waals surface area (Å²) in [6.07, 6.45) is 6.82. The Morgan fingerprint density at radius 1 is 1.33 bits per heavy atom. The first kappa shape index (κ1) is 12.1. The van der Waals surface area contributed by atoms with Crippen molar-refractivity contribution < 1.29 is 0 Å². The third kappa shape index (κ3) is 2.17. The van der Waals surface area contributed by atoms with Crippen LogP contribution in [0.2, 0.25) is 0 Å². The van der Waals surface area contributed by atoms with Crippen LogP contribution in [0.4, 0.5) is 0 Å². The number of nitrogens with two attached hydrogens (primary N) is 1. The van der Waals surface area contributed by atoms with Crippen LogP contribution in [0.1, 0.15) is 50.4 Å². The molecule has 3 heterocycles. The highest BCUT2D eigenvalue weighted by Gasteiger charge is 2.26. The molecule has 2 aliphatic rings. The standard InChI is InChI=1S/C13H23N5/c1-2-17-8-4-5-10(17)9-12-15-13-7-3-6-11(14)18(13)16-12/h10-11H,2-9,14H2,1H3. The van der Waals surface area contributed by atoms with Gasteiger partial charge in [-0.15, -0.1) is 0 Å². The first-order valence-corrected chi connectivity index (χ1v) is 7.22. The van der Waals surface area contributed by atoms with Crippen LogP contribution >= 0.6 is 0 Å². The maximum atomic E-state index is 6.07. The predicted molar refractivity (Wildman–Crippen MR) is 70.2 cm³/mol. The maximum Gasteiger partial charge on any atom is 0.152 e. The van der Waals surface area contributed by atoms with E-state index < -0.39 is 0 Å². The van der Waals surface area contributed by atoms with Crippen molar-refractivity contribution in [2.75, 3.05) is 13.1 Å². The summed E-state index contributed by atoms with van der Waals surface area (Å²) in [6, 6.07) is 0.635. The lowest BCUT2D eigenvalue weighted by atomic mass is 10.1. The van der Waals surface area contributed by atoms with Gasteiger partial charge < -0.3 is 10.6 Å². The first-order chi connectivity index (χ1) is 8.78. The molecule has 0 spiro atoms. The molecule has 2 unspecified atom stereocenters. The lowest BCUT2D eigenvalue weighted by Gasteiger charge is -2.21. The summed E-state index contributed by atoms with van der Waals surface area (Å²) in [4.78, 5) is 7.22. The van der Waals surface area contributed by atoms with Crippen LogP contribution in [-0.4, -0.2) is 38.8 Å². The topological polar surface area (TPSA) is 60.0 Å². The molecule has 100 valence electrons. The second kappa shape index (κ2) is 4.97. The zero-order valence-electron chi connectivity index (χ0n) is 11.2. The Morgan fingerprint density at radius 2 is 2.22 bits per heavy atom. The van der Waals surface area contributed by atoms with Crippen molar-refractivity contribution in [2.24, 2.45) is 5.73 Å². The Hall–Kier alpha value is -0.940. The fraction of sp³-hybridized carbons (Fsp3) is 0.846. The van der Waals surface area contributed by atoms with Crippen molar-refractivity contribution in [3.63, 3.8) is 0 Å². The quantitative estimate of drug-likeness (QED) is 0.871. The number of hydrogen-bond donors (Lipinski definition) is 1. The number of likely N-dealkylation sites (tertiary alicyclic amines) is 1. The largest absolute Gasteiger partial charge is 0.310 e. The molecule has 2 N–H and O–H groups in total. The molecule has 5 heteroatoms. The van der Waals surface area contributed by atoms with Crippen LogP contribution in [0, 0.1) is 0 Å². The van der Waals surface area contributed by atoms with E-state index in [1.54, 1.807) is 0 Å². The van der Waals surface area contributed by atoms with E-state index in [4.69, 9.17) is 5.73 Å². The van der Waals surface area contributed by atoms with Crippen LogP contribution in [0.15, 0.2) is 0 Å². The number of rotatable bonds is 3. The van der Waals surface area contributed by atoms with Crippen LogP contribution in [0.3, 0.4) is 0 Å². The van der Waals surface area contributed by atoms with Gasteiger partial charge in [-0.3, -0.25) is 0 Å². The molecule has 0 aliphatic carbocycles. The van der Waals surface area contributed by atoms with Gasteiger partial charge >= 0.3 is 0 Å². The van der Waals surface area contributed by atoms with E-state index in [1.807, 2.05) is 4.68 Å². The minimum absolute atomic E-state index is 0.0425. The number of likely N-dealkylation sites (N-methyl/N-ethyl adjacent to an activating group) is 1. The molecule has 1 saturated heterocycles. The first-order valence-electron chi connectivity index (χ1n) is 7.22. The van der Waals surface area contributed by atoms with Gasteiger partial charge in [-0.2, -0.15) is 5.10 Å². The van der Waals surface area contributed by atoms with Gasteiger partial charge in [0.1, 0.15) is 12.0 Å². The minimum atomic E-state index is 0.0425. The van der Waals surface area contributed by atoms with Crippen molar-refractivity contribution in [3.05, 3.63) is 11.6 Å². The fourth-order valence-electron chi connectivity index (χ4n) is 3.27. The SMILES string of the molecule is CCN1CCCC1Cc1nc2n(n1)C(N)CCC2. The van der Waals surface area contributed by atoms with Gasteiger partial charge in [0, 0.05) is 18.9 Å². The van der Waals surface area contributed by atoms with Gasteiger partial charge in [0.2, 0.25) is 0 Å². The second-order valence-corrected chi connectivity index (χ2v) is 5.48. The molecule has 1 aromatic rings. The molecule has 2 aliphatic heterocycles. The summed E-state index contributed by atoms with van der Waals surface area (Å²) in [6.45, 7) is 4.60. The number of fused-ring (bicyclic) bond motifs is 1. The Labute approximate surface area is 108 Å². The average molecular weight is 249 g/mol. The molecule has 0 bridgehead atoms. The van der Waals surface area contributed by atoms with E-state index in [0.717, 1.165) is 43.9 Å². The predicted octanol–water partition coefficient (Wildman–Crippen LogP) is 1.10. The van der Waals surface area contributed by atoms with Crippen LogP contribution in [-0.2, 0) is 12.8 Å². The van der Waals surface area contributed by atoms with Gasteiger partial charge in [0.15, 0.2) is 5.82 Å². The molecule has 0 amide bonds. The van der Waals surface area contributed by atoms with Crippen molar-refractivity contribution in [2.45, 2.75) is 57.7 Å². The van der Waals surface area contributed by atoms with Gasteiger partial charge in [0.05, 0.1) is 0 Å². The molecular formula is C13H23N5. The Bertz CT molecular complexity index is 414. The lowest BCUT2D eigenvalue weighted by Crippen LogP contribution is -2.31. The van der Waals surface area contributed by atoms with Crippen LogP contribution < -0.4 is 5.73 Å². The third-order valence-electron chi connectivity index (χ3n) is 4.28. The molecular weight excluding hydrogens is 226 g/mol. The third-order valence-corrected chi connectivity index (χ3v) is 4.28. The molecule has 3 rings (SSSR count). The van der Waals surface area contributed by atoms with E-state index in [9.17, 15) is 0 Å². The van der Waals surface area contributed by atoms with Gasteiger partial charge in [0.25, 0.3) is 0 Å². The molecule has 1 aromatic heterocycles. The summed E-state index contributed by atoms with van der Waals surface area (Å²) in [7, 11) is 0. The second-order valence-electron chi connectivity index (χ2n) is 5.48. The molecule has 18 heavy (non-hydrogen) atoms. The molecule has 1 fully saturated rings. The normalized spacial score (nSPS) is 28.6. The van der Waals surface area contributed by atoms with E-state index in [2.05, 4.69) is 21.9 Å². The molecule has 0 saturated carbocycles. The summed E-state index contributed by atoms with van der Waals surface area (Å²) in [5.74, 6) is 2.08. The summed E-state index contributed by atoms with van der Waals surface area (Å²) >= 11 is 0. The van der Waals surface area contributed by atoms with Crippen LogP contribution in [0.25, 0.3) is 0 Å². The van der Waals surface area contributed by atoms with E-state index >= 15 is 0 Å². The summed E-state index contributed by atoms with van der Waals surface area (Å²) < 4.78 is 1.95. The fourth-order valence-corrected chi connectivity index (χ4v) is 3.27. The Balaban J connectivity index is 1.73. The average Bonchev–Trinajstić information content (AvgIpc) is 2.96. The van der Waals surface area contributed by atoms with Gasteiger partial charge in [-0.1, -0.05) is 6.92 Å². The highest BCUT2D eigenvalue weighted by atomic mass is 15.4. The molecule has 5 nitrogen and oxygen atoms in total. The Kier molecular flexibility index (Phi) is 3.35. The van der Waals surface area contributed by atoms with Gasteiger partial charge in [-0.05, 0) is 38.8 Å². The van der Waals surface area contributed by atoms with Crippen molar-refractivity contribution in [3.8, 4) is 0 Å². The van der Waals surface area contributed by atoms with E-state index in [1.165, 1.54) is 19.4 Å². The number of aromatic nitrogens is 3. The van der Waals surface area contributed by atoms with Crippen molar-refractivity contribution >= 4 is 0 Å². The zero-order chi connectivity index (χ0) is 12.5. The number of nitrogens with zero attached hydrogens (tertiary/aromatic N) is 4. The number of aryl methyl sites for hydroxylation is 1.